The quantitative estimate of drug-likeness (QED) is 0.712. The summed E-state index contributed by atoms with van der Waals surface area (Å²) >= 11 is 0. The van der Waals surface area contributed by atoms with Crippen LogP contribution in [0.5, 0.6) is 5.75 Å². The van der Waals surface area contributed by atoms with E-state index in [1.54, 1.807) is 0 Å². The number of hydrogen-bond donors (Lipinski definition) is 1. The number of ether oxygens (including phenoxy) is 1. The van der Waals surface area contributed by atoms with Gasteiger partial charge < -0.3 is 15.0 Å². The van der Waals surface area contributed by atoms with Gasteiger partial charge in [0.15, 0.2) is 6.61 Å². The van der Waals surface area contributed by atoms with Crippen LogP contribution in [-0.4, -0.2) is 37.6 Å². The third-order valence-corrected chi connectivity index (χ3v) is 4.18. The molecular formula is C21H28N2O2. The van der Waals surface area contributed by atoms with Crippen LogP contribution in [-0.2, 0) is 11.3 Å². The van der Waals surface area contributed by atoms with E-state index in [1.807, 2.05) is 31.2 Å². The molecule has 0 spiro atoms. The average Bonchev–Trinajstić information content (AvgIpc) is 2.60. The van der Waals surface area contributed by atoms with Gasteiger partial charge in [0.2, 0.25) is 0 Å². The van der Waals surface area contributed by atoms with Crippen LogP contribution in [0.15, 0.2) is 48.5 Å². The van der Waals surface area contributed by atoms with Crippen LogP contribution in [0, 0.1) is 13.8 Å². The summed E-state index contributed by atoms with van der Waals surface area (Å²) in [4.78, 5) is 14.1. The lowest BCUT2D eigenvalue weighted by molar-refractivity contribution is -0.123. The molecule has 2 aromatic carbocycles. The summed E-state index contributed by atoms with van der Waals surface area (Å²) in [5.74, 6) is 0.657. The van der Waals surface area contributed by atoms with E-state index in [0.29, 0.717) is 6.54 Å². The molecule has 2 rings (SSSR count). The summed E-state index contributed by atoms with van der Waals surface area (Å²) in [6.45, 7) is 6.67. The number of nitrogens with one attached hydrogen (secondary N) is 1. The first-order chi connectivity index (χ1) is 12.0. The molecule has 4 nitrogen and oxygen atoms in total. The van der Waals surface area contributed by atoms with Crippen molar-refractivity contribution in [3.05, 3.63) is 65.2 Å². The maximum atomic E-state index is 11.9. The largest absolute Gasteiger partial charge is 0.484 e. The van der Waals surface area contributed by atoms with Crippen molar-refractivity contribution < 1.29 is 9.53 Å². The zero-order valence-corrected chi connectivity index (χ0v) is 15.4. The van der Waals surface area contributed by atoms with Crippen LogP contribution in [0.1, 0.15) is 23.1 Å². The van der Waals surface area contributed by atoms with Gasteiger partial charge in [-0.1, -0.05) is 36.4 Å². The molecule has 0 atom stereocenters. The highest BCUT2D eigenvalue weighted by Gasteiger charge is 2.04. The lowest BCUT2D eigenvalue weighted by Gasteiger charge is -2.16. The summed E-state index contributed by atoms with van der Waals surface area (Å²) < 4.78 is 5.54. The predicted octanol–water partition coefficient (Wildman–Crippen LogP) is 3.32. The standard InChI is InChI=1S/C21H28N2O2/c1-17-10-11-20(14-18(17)2)25-16-21(24)22-12-7-13-23(3)15-19-8-5-4-6-9-19/h4-6,8-11,14H,7,12-13,15-16H2,1-3H3,(H,22,24). The third-order valence-electron chi connectivity index (χ3n) is 4.18. The molecule has 25 heavy (non-hydrogen) atoms. The molecule has 0 bridgehead atoms. The summed E-state index contributed by atoms with van der Waals surface area (Å²) in [6, 6.07) is 16.3. The van der Waals surface area contributed by atoms with E-state index in [1.165, 1.54) is 16.7 Å². The van der Waals surface area contributed by atoms with Crippen molar-refractivity contribution in [2.45, 2.75) is 26.8 Å². The Morgan fingerprint density at radius 2 is 1.84 bits per heavy atom. The van der Waals surface area contributed by atoms with Gasteiger partial charge in [-0.2, -0.15) is 0 Å². The third kappa shape index (κ3) is 6.98. The van der Waals surface area contributed by atoms with Crippen LogP contribution in [0.3, 0.4) is 0 Å². The second-order valence-corrected chi connectivity index (χ2v) is 6.46. The molecule has 0 unspecified atom stereocenters. The van der Waals surface area contributed by atoms with Gasteiger partial charge in [-0.15, -0.1) is 0 Å². The lowest BCUT2D eigenvalue weighted by atomic mass is 10.1. The Labute approximate surface area is 150 Å². The zero-order valence-electron chi connectivity index (χ0n) is 15.4. The van der Waals surface area contributed by atoms with Crippen LogP contribution >= 0.6 is 0 Å². The highest BCUT2D eigenvalue weighted by Crippen LogP contribution is 2.16. The molecule has 1 N–H and O–H groups in total. The molecule has 0 heterocycles. The molecule has 2 aromatic rings. The number of benzene rings is 2. The Balaban J connectivity index is 1.59. The van der Waals surface area contributed by atoms with E-state index >= 15 is 0 Å². The minimum absolute atomic E-state index is 0.0579. The number of hydrogen-bond acceptors (Lipinski definition) is 3. The number of carbonyl (C=O) groups is 1. The van der Waals surface area contributed by atoms with Crippen LogP contribution in [0.4, 0.5) is 0 Å². The highest BCUT2D eigenvalue weighted by molar-refractivity contribution is 5.77. The zero-order chi connectivity index (χ0) is 18.1. The van der Waals surface area contributed by atoms with Crippen molar-refractivity contribution in [3.8, 4) is 5.75 Å². The highest BCUT2D eigenvalue weighted by atomic mass is 16.5. The summed E-state index contributed by atoms with van der Waals surface area (Å²) in [5.41, 5.74) is 3.69. The molecule has 0 fully saturated rings. The monoisotopic (exact) mass is 340 g/mol. The van der Waals surface area contributed by atoms with E-state index in [2.05, 4.69) is 48.5 Å². The van der Waals surface area contributed by atoms with Gasteiger partial charge in [-0.05, 0) is 62.7 Å². The fourth-order valence-electron chi connectivity index (χ4n) is 2.55. The number of aryl methyl sites for hydroxylation is 2. The summed E-state index contributed by atoms with van der Waals surface area (Å²) in [7, 11) is 2.09. The van der Waals surface area contributed by atoms with Crippen LogP contribution in [0.2, 0.25) is 0 Å². The first kappa shape index (κ1) is 19.0. The Hall–Kier alpha value is -2.33. The van der Waals surface area contributed by atoms with E-state index in [0.717, 1.165) is 25.3 Å². The van der Waals surface area contributed by atoms with Gasteiger partial charge in [-0.25, -0.2) is 0 Å². The molecule has 0 saturated heterocycles. The Morgan fingerprint density at radius 1 is 1.08 bits per heavy atom. The number of amides is 1. The van der Waals surface area contributed by atoms with Gasteiger partial charge in [0.1, 0.15) is 5.75 Å². The van der Waals surface area contributed by atoms with Gasteiger partial charge >= 0.3 is 0 Å². The molecule has 4 heteroatoms. The number of nitrogens with zero attached hydrogens (tertiary/aromatic N) is 1. The Kier molecular flexibility index (Phi) is 7.48. The fraction of sp³-hybridized carbons (Fsp3) is 0.381. The summed E-state index contributed by atoms with van der Waals surface area (Å²) in [6.07, 6.45) is 0.915. The topological polar surface area (TPSA) is 41.6 Å². The summed E-state index contributed by atoms with van der Waals surface area (Å²) in [5, 5.41) is 2.91. The van der Waals surface area contributed by atoms with E-state index < -0.39 is 0 Å². The Bertz CT molecular complexity index is 671. The van der Waals surface area contributed by atoms with Gasteiger partial charge in [0.25, 0.3) is 5.91 Å². The minimum Gasteiger partial charge on any atom is -0.484 e. The molecule has 0 aromatic heterocycles. The van der Waals surface area contributed by atoms with Gasteiger partial charge in [-0.3, -0.25) is 4.79 Å². The van der Waals surface area contributed by atoms with Crippen molar-refractivity contribution in [2.24, 2.45) is 0 Å². The Morgan fingerprint density at radius 3 is 2.56 bits per heavy atom. The molecular weight excluding hydrogens is 312 g/mol. The number of carbonyl (C=O) groups excluding carboxylic acids is 1. The van der Waals surface area contributed by atoms with E-state index in [4.69, 9.17) is 4.74 Å². The van der Waals surface area contributed by atoms with Crippen molar-refractivity contribution >= 4 is 5.91 Å². The first-order valence-corrected chi connectivity index (χ1v) is 8.74. The van der Waals surface area contributed by atoms with Crippen molar-refractivity contribution in [3.63, 3.8) is 0 Å². The smallest absolute Gasteiger partial charge is 0.257 e. The molecule has 0 aliphatic rings. The SMILES string of the molecule is Cc1ccc(OCC(=O)NCCCN(C)Cc2ccccc2)cc1C. The molecule has 1 amide bonds. The van der Waals surface area contributed by atoms with E-state index in [-0.39, 0.29) is 12.5 Å². The average molecular weight is 340 g/mol. The minimum atomic E-state index is -0.0797. The van der Waals surface area contributed by atoms with Gasteiger partial charge in [0.05, 0.1) is 0 Å². The van der Waals surface area contributed by atoms with E-state index in [9.17, 15) is 4.79 Å². The van der Waals surface area contributed by atoms with Crippen molar-refractivity contribution in [1.82, 2.24) is 10.2 Å². The fourth-order valence-corrected chi connectivity index (χ4v) is 2.55. The first-order valence-electron chi connectivity index (χ1n) is 8.74. The van der Waals surface area contributed by atoms with Crippen molar-refractivity contribution in [2.75, 3.05) is 26.7 Å². The maximum absolute atomic E-state index is 11.9. The van der Waals surface area contributed by atoms with Gasteiger partial charge in [0, 0.05) is 13.1 Å². The maximum Gasteiger partial charge on any atom is 0.257 e. The second-order valence-electron chi connectivity index (χ2n) is 6.46. The predicted molar refractivity (Wildman–Crippen MR) is 102 cm³/mol. The van der Waals surface area contributed by atoms with Crippen LogP contribution < -0.4 is 10.1 Å². The number of rotatable bonds is 9. The second kappa shape index (κ2) is 9.84. The normalized spacial score (nSPS) is 10.7. The molecule has 0 aliphatic carbocycles. The molecule has 0 saturated carbocycles. The molecule has 0 radical (unpaired) electrons. The lowest BCUT2D eigenvalue weighted by Crippen LogP contribution is -2.31. The molecule has 0 aliphatic heterocycles. The van der Waals surface area contributed by atoms with Crippen molar-refractivity contribution in [1.29, 1.82) is 0 Å². The van der Waals surface area contributed by atoms with Crippen LogP contribution in [0.25, 0.3) is 0 Å². The molecule has 134 valence electrons.